The molecule has 0 spiro atoms. The van der Waals surface area contributed by atoms with Crippen LogP contribution in [0.25, 0.3) is 44.2 Å². The van der Waals surface area contributed by atoms with Gasteiger partial charge in [-0.2, -0.15) is 0 Å². The first-order valence-electron chi connectivity index (χ1n) is 14.6. The van der Waals surface area contributed by atoms with Crippen LogP contribution in [0.4, 0.5) is 5.69 Å². The number of hydrogen-bond donors (Lipinski definition) is 1. The van der Waals surface area contributed by atoms with Crippen molar-refractivity contribution in [1.82, 2.24) is 0 Å². The summed E-state index contributed by atoms with van der Waals surface area (Å²) in [6, 6.07) is 40.4. The first kappa shape index (κ1) is 28.4. The highest BCUT2D eigenvalue weighted by Gasteiger charge is 2.09. The summed E-state index contributed by atoms with van der Waals surface area (Å²) >= 11 is 0. The third-order valence-corrected chi connectivity index (χ3v) is 7.24. The number of nitrogens with one attached hydrogen (secondary N) is 1. The van der Waals surface area contributed by atoms with Crippen LogP contribution >= 0.6 is 0 Å². The van der Waals surface area contributed by atoms with Crippen LogP contribution in [0.5, 0.6) is 0 Å². The standard InChI is InChI=1S/C38H31NO.C2H6/c1-3-11-32(17-9-13-29-14-10-20-36-35-19-6-7-21-37(35)40-38(29)36)39-33-24-22-28(23-25-33)30-15-8-16-31(26-30)34-18-5-4-12-27(34)2;1-2/h3-12,14-26,39H,1,13H2,2H3;1-2H3/b17-9-,32-11+;. The van der Waals surface area contributed by atoms with Gasteiger partial charge in [0.2, 0.25) is 0 Å². The van der Waals surface area contributed by atoms with E-state index >= 15 is 0 Å². The smallest absolute Gasteiger partial charge is 0.138 e. The molecule has 2 heteroatoms. The molecule has 0 amide bonds. The Kier molecular flexibility index (Phi) is 9.16. The van der Waals surface area contributed by atoms with E-state index in [0.717, 1.165) is 39.7 Å². The van der Waals surface area contributed by atoms with Gasteiger partial charge in [-0.3, -0.25) is 0 Å². The molecule has 6 rings (SSSR count). The first-order valence-corrected chi connectivity index (χ1v) is 14.6. The van der Waals surface area contributed by atoms with Crippen molar-refractivity contribution < 1.29 is 4.42 Å². The van der Waals surface area contributed by atoms with E-state index in [1.165, 1.54) is 33.4 Å². The van der Waals surface area contributed by atoms with Gasteiger partial charge < -0.3 is 9.73 Å². The molecule has 0 saturated heterocycles. The molecule has 0 fully saturated rings. The highest BCUT2D eigenvalue weighted by molar-refractivity contribution is 6.05. The van der Waals surface area contributed by atoms with Crippen molar-refractivity contribution in [2.45, 2.75) is 27.2 Å². The van der Waals surface area contributed by atoms with Gasteiger partial charge in [-0.1, -0.05) is 124 Å². The van der Waals surface area contributed by atoms with Crippen LogP contribution in [0.15, 0.2) is 156 Å². The van der Waals surface area contributed by atoms with E-state index in [9.17, 15) is 0 Å². The molecule has 1 heterocycles. The molecule has 0 unspecified atom stereocenters. The van der Waals surface area contributed by atoms with Crippen molar-refractivity contribution in [3.63, 3.8) is 0 Å². The highest BCUT2D eigenvalue weighted by Crippen LogP contribution is 2.31. The van der Waals surface area contributed by atoms with Gasteiger partial charge in [0.1, 0.15) is 11.2 Å². The average Bonchev–Trinajstić information content (AvgIpc) is 3.42. The fourth-order valence-corrected chi connectivity index (χ4v) is 5.22. The molecule has 0 radical (unpaired) electrons. The Morgan fingerprint density at radius 3 is 2.26 bits per heavy atom. The van der Waals surface area contributed by atoms with Gasteiger partial charge in [-0.25, -0.2) is 0 Å². The van der Waals surface area contributed by atoms with E-state index in [-0.39, 0.29) is 0 Å². The summed E-state index contributed by atoms with van der Waals surface area (Å²) in [5, 5.41) is 5.84. The van der Waals surface area contributed by atoms with E-state index in [4.69, 9.17) is 4.42 Å². The molecule has 5 aromatic carbocycles. The Morgan fingerprint density at radius 2 is 1.45 bits per heavy atom. The van der Waals surface area contributed by atoms with Crippen molar-refractivity contribution in [3.05, 3.63) is 163 Å². The molecule has 0 saturated carbocycles. The number of anilines is 1. The van der Waals surface area contributed by atoms with E-state index in [0.29, 0.717) is 0 Å². The monoisotopic (exact) mass is 547 g/mol. The number of rotatable bonds is 8. The van der Waals surface area contributed by atoms with E-state index in [2.05, 4.69) is 134 Å². The van der Waals surface area contributed by atoms with Crippen molar-refractivity contribution in [2.75, 3.05) is 5.32 Å². The molecule has 0 bridgehead atoms. The Balaban J connectivity index is 0.00000173. The number of para-hydroxylation sites is 2. The predicted octanol–water partition coefficient (Wildman–Crippen LogP) is 11.5. The molecule has 0 aliphatic carbocycles. The minimum atomic E-state index is 0.767. The SMILES string of the molecule is C=C/C=C(\C=C/Cc1cccc2c1oc1ccccc12)Nc1ccc(-c2cccc(-c3ccccc3C)c2)cc1.CC. The second-order valence-electron chi connectivity index (χ2n) is 9.95. The molecule has 1 aromatic heterocycles. The predicted molar refractivity (Wildman–Crippen MR) is 182 cm³/mol. The number of aryl methyl sites for hydroxylation is 1. The fourth-order valence-electron chi connectivity index (χ4n) is 5.22. The quantitative estimate of drug-likeness (QED) is 0.192. The van der Waals surface area contributed by atoms with Gasteiger partial charge in [0.05, 0.1) is 0 Å². The Labute approximate surface area is 249 Å². The van der Waals surface area contributed by atoms with Crippen molar-refractivity contribution >= 4 is 27.6 Å². The Hall–Kier alpha value is -5.08. The maximum absolute atomic E-state index is 6.19. The molecule has 0 aliphatic rings. The molecular weight excluding hydrogens is 510 g/mol. The van der Waals surface area contributed by atoms with Gasteiger partial charge >= 0.3 is 0 Å². The van der Waals surface area contributed by atoms with Crippen molar-refractivity contribution in [3.8, 4) is 22.3 Å². The molecule has 6 aromatic rings. The molecule has 42 heavy (non-hydrogen) atoms. The minimum absolute atomic E-state index is 0.767. The van der Waals surface area contributed by atoms with Crippen LogP contribution in [-0.2, 0) is 6.42 Å². The lowest BCUT2D eigenvalue weighted by atomic mass is 9.96. The summed E-state index contributed by atoms with van der Waals surface area (Å²) in [6.45, 7) is 10.1. The number of allylic oxidation sites excluding steroid dienone is 4. The van der Waals surface area contributed by atoms with Crippen LogP contribution in [0.2, 0.25) is 0 Å². The lowest BCUT2D eigenvalue weighted by Crippen LogP contribution is -1.97. The largest absolute Gasteiger partial charge is 0.456 e. The maximum atomic E-state index is 6.19. The average molecular weight is 548 g/mol. The van der Waals surface area contributed by atoms with Crippen LogP contribution in [-0.4, -0.2) is 0 Å². The zero-order valence-electron chi connectivity index (χ0n) is 24.6. The number of benzene rings is 5. The molecule has 0 atom stereocenters. The lowest BCUT2D eigenvalue weighted by molar-refractivity contribution is 0.664. The second kappa shape index (κ2) is 13.5. The third kappa shape index (κ3) is 6.29. The summed E-state index contributed by atoms with van der Waals surface area (Å²) in [5.41, 5.74) is 11.2. The van der Waals surface area contributed by atoms with Crippen LogP contribution in [0.1, 0.15) is 25.0 Å². The Bertz CT molecular complexity index is 1870. The van der Waals surface area contributed by atoms with Crippen LogP contribution in [0.3, 0.4) is 0 Å². The van der Waals surface area contributed by atoms with E-state index < -0.39 is 0 Å². The zero-order valence-corrected chi connectivity index (χ0v) is 24.6. The molecular formula is C40H37NO. The van der Waals surface area contributed by atoms with E-state index in [1.807, 2.05) is 32.1 Å². The molecule has 208 valence electrons. The molecule has 1 N–H and O–H groups in total. The van der Waals surface area contributed by atoms with Gasteiger partial charge in [0.25, 0.3) is 0 Å². The van der Waals surface area contributed by atoms with Crippen molar-refractivity contribution in [2.24, 2.45) is 0 Å². The number of furan rings is 1. The second-order valence-corrected chi connectivity index (χ2v) is 9.95. The number of fused-ring (bicyclic) bond motifs is 3. The maximum Gasteiger partial charge on any atom is 0.138 e. The molecule has 0 aliphatic heterocycles. The first-order chi connectivity index (χ1) is 20.7. The fraction of sp³-hybridized carbons (Fsp3) is 0.100. The summed E-state index contributed by atoms with van der Waals surface area (Å²) in [7, 11) is 0. The summed E-state index contributed by atoms with van der Waals surface area (Å²) in [5.74, 6) is 0. The molecule has 2 nitrogen and oxygen atoms in total. The van der Waals surface area contributed by atoms with Gasteiger partial charge in [-0.15, -0.1) is 0 Å². The zero-order chi connectivity index (χ0) is 29.3. The summed E-state index contributed by atoms with van der Waals surface area (Å²) in [4.78, 5) is 0. The van der Waals surface area contributed by atoms with E-state index in [1.54, 1.807) is 6.08 Å². The normalized spacial score (nSPS) is 11.5. The summed E-state index contributed by atoms with van der Waals surface area (Å²) < 4.78 is 6.19. The topological polar surface area (TPSA) is 25.2 Å². The Morgan fingerprint density at radius 1 is 0.738 bits per heavy atom. The van der Waals surface area contributed by atoms with Crippen molar-refractivity contribution in [1.29, 1.82) is 0 Å². The lowest BCUT2D eigenvalue weighted by Gasteiger charge is -2.11. The van der Waals surface area contributed by atoms with Gasteiger partial charge in [-0.05, 0) is 83.1 Å². The minimum Gasteiger partial charge on any atom is -0.456 e. The van der Waals surface area contributed by atoms with Gasteiger partial charge in [0, 0.05) is 22.2 Å². The summed E-state index contributed by atoms with van der Waals surface area (Å²) in [6.07, 6.45) is 8.82. The highest BCUT2D eigenvalue weighted by atomic mass is 16.3. The number of hydrogen-bond acceptors (Lipinski definition) is 2. The van der Waals surface area contributed by atoms with Gasteiger partial charge in [0.15, 0.2) is 0 Å². The third-order valence-electron chi connectivity index (χ3n) is 7.24. The van der Waals surface area contributed by atoms with Crippen LogP contribution < -0.4 is 5.32 Å². The van der Waals surface area contributed by atoms with Crippen LogP contribution in [0, 0.1) is 6.92 Å².